The van der Waals surface area contributed by atoms with Crippen molar-refractivity contribution in [2.45, 2.75) is 0 Å². The first-order chi connectivity index (χ1) is 23.3. The van der Waals surface area contributed by atoms with Crippen LogP contribution in [-0.2, 0) is 18.9 Å². The average Bonchev–Trinajstić information content (AvgIpc) is 3.13. The summed E-state index contributed by atoms with van der Waals surface area (Å²) in [5.41, 5.74) is 5.56. The van der Waals surface area contributed by atoms with Crippen LogP contribution in [0.1, 0.15) is 43.0 Å². The third-order valence-electron chi connectivity index (χ3n) is 7.13. The molecule has 0 bridgehead atoms. The summed E-state index contributed by atoms with van der Waals surface area (Å²) in [6.45, 7) is -0.0602. The standard InChI is InChI=1S/C38H38O10/c1-41-23-47-35-31(19-27(21-33(35)43-3)9-7-25-11-15-29(16-12-25)37(39)45-5)32-20-28(22-34(44-4)36(32)48-24-42-2)10-8-26-13-17-30(18-14-26)38(40)46-6/h7-22H,23-24H2,1-6H3/b9-7+,10-8+. The summed E-state index contributed by atoms with van der Waals surface area (Å²) in [6.07, 6.45) is 7.69. The summed E-state index contributed by atoms with van der Waals surface area (Å²) in [6, 6.07) is 21.7. The number of carbonyl (C=O) groups is 2. The highest BCUT2D eigenvalue weighted by Crippen LogP contribution is 2.47. The van der Waals surface area contributed by atoms with Crippen molar-refractivity contribution in [3.05, 3.63) is 106 Å². The molecule has 0 unspecified atom stereocenters. The second kappa shape index (κ2) is 17.4. The van der Waals surface area contributed by atoms with Crippen LogP contribution in [0.2, 0.25) is 0 Å². The summed E-state index contributed by atoms with van der Waals surface area (Å²) < 4.78 is 43.8. The number of hydrogen-bond donors (Lipinski definition) is 0. The number of rotatable bonds is 15. The van der Waals surface area contributed by atoms with Gasteiger partial charge in [-0.15, -0.1) is 0 Å². The van der Waals surface area contributed by atoms with Crippen LogP contribution in [-0.4, -0.2) is 68.2 Å². The molecular formula is C38H38O10. The zero-order chi connectivity index (χ0) is 34.5. The van der Waals surface area contributed by atoms with Crippen LogP contribution in [0, 0.1) is 0 Å². The Morgan fingerprint density at radius 3 is 1.17 bits per heavy atom. The monoisotopic (exact) mass is 654 g/mol. The molecule has 0 aliphatic carbocycles. The van der Waals surface area contributed by atoms with Crippen LogP contribution in [0.3, 0.4) is 0 Å². The van der Waals surface area contributed by atoms with Gasteiger partial charge in [0.1, 0.15) is 0 Å². The summed E-state index contributed by atoms with van der Waals surface area (Å²) >= 11 is 0. The molecule has 48 heavy (non-hydrogen) atoms. The highest BCUT2D eigenvalue weighted by molar-refractivity contribution is 5.91. The zero-order valence-corrected chi connectivity index (χ0v) is 27.7. The Kier molecular flexibility index (Phi) is 12.8. The smallest absolute Gasteiger partial charge is 0.337 e. The van der Waals surface area contributed by atoms with Crippen LogP contribution in [0.4, 0.5) is 0 Å². The van der Waals surface area contributed by atoms with E-state index in [4.69, 9.17) is 37.9 Å². The van der Waals surface area contributed by atoms with Crippen molar-refractivity contribution < 1.29 is 47.5 Å². The maximum absolute atomic E-state index is 11.9. The lowest BCUT2D eigenvalue weighted by Gasteiger charge is -2.20. The largest absolute Gasteiger partial charge is 0.493 e. The molecule has 0 aromatic heterocycles. The number of esters is 2. The van der Waals surface area contributed by atoms with E-state index in [0.717, 1.165) is 22.3 Å². The SMILES string of the molecule is COCOc1c(OC)cc(/C=C/c2ccc(C(=O)OC)cc2)cc1-c1cc(/C=C/c2ccc(C(=O)OC)cc2)cc(OC)c1OCOC. The van der Waals surface area contributed by atoms with Crippen molar-refractivity contribution in [3.8, 4) is 34.1 Å². The second-order valence-corrected chi connectivity index (χ2v) is 10.2. The fraction of sp³-hybridized carbons (Fsp3) is 0.211. The summed E-state index contributed by atoms with van der Waals surface area (Å²) in [5.74, 6) is 0.997. The van der Waals surface area contributed by atoms with E-state index in [-0.39, 0.29) is 13.6 Å². The van der Waals surface area contributed by atoms with Crippen LogP contribution in [0.15, 0.2) is 72.8 Å². The molecule has 0 aliphatic rings. The lowest BCUT2D eigenvalue weighted by Crippen LogP contribution is -2.06. The minimum atomic E-state index is -0.401. The van der Waals surface area contributed by atoms with Gasteiger partial charge in [-0.3, -0.25) is 0 Å². The van der Waals surface area contributed by atoms with Gasteiger partial charge >= 0.3 is 11.9 Å². The van der Waals surface area contributed by atoms with Crippen molar-refractivity contribution >= 4 is 36.2 Å². The molecule has 0 spiro atoms. The minimum Gasteiger partial charge on any atom is -0.493 e. The highest BCUT2D eigenvalue weighted by Gasteiger charge is 2.22. The van der Waals surface area contributed by atoms with E-state index in [1.165, 1.54) is 28.4 Å². The predicted octanol–water partition coefficient (Wildman–Crippen LogP) is 7.25. The number of benzene rings is 4. The summed E-state index contributed by atoms with van der Waals surface area (Å²) in [7, 11) is 8.89. The molecule has 0 amide bonds. The Hall–Kier alpha value is -5.58. The third kappa shape index (κ3) is 8.81. The van der Waals surface area contributed by atoms with Crippen molar-refractivity contribution in [2.24, 2.45) is 0 Å². The van der Waals surface area contributed by atoms with Gasteiger partial charge < -0.3 is 37.9 Å². The molecule has 0 atom stereocenters. The summed E-state index contributed by atoms with van der Waals surface area (Å²) in [5, 5.41) is 0. The zero-order valence-electron chi connectivity index (χ0n) is 27.7. The van der Waals surface area contributed by atoms with E-state index in [0.29, 0.717) is 45.3 Å². The van der Waals surface area contributed by atoms with Gasteiger partial charge in [0, 0.05) is 25.3 Å². The second-order valence-electron chi connectivity index (χ2n) is 10.2. The Morgan fingerprint density at radius 1 is 0.500 bits per heavy atom. The van der Waals surface area contributed by atoms with E-state index < -0.39 is 11.9 Å². The lowest BCUT2D eigenvalue weighted by atomic mass is 9.96. The molecule has 0 saturated heterocycles. The molecule has 0 radical (unpaired) electrons. The van der Waals surface area contributed by atoms with Crippen molar-refractivity contribution in [3.63, 3.8) is 0 Å². The molecule has 0 heterocycles. The van der Waals surface area contributed by atoms with Gasteiger partial charge in [-0.2, -0.15) is 0 Å². The van der Waals surface area contributed by atoms with E-state index >= 15 is 0 Å². The Balaban J connectivity index is 1.84. The molecule has 0 fully saturated rings. The molecule has 4 aromatic rings. The molecular weight excluding hydrogens is 616 g/mol. The van der Waals surface area contributed by atoms with Crippen LogP contribution >= 0.6 is 0 Å². The predicted molar refractivity (Wildman–Crippen MR) is 183 cm³/mol. The highest BCUT2D eigenvalue weighted by atomic mass is 16.7. The van der Waals surface area contributed by atoms with Gasteiger partial charge in [0.05, 0.1) is 39.6 Å². The van der Waals surface area contributed by atoms with Crippen LogP contribution < -0.4 is 18.9 Å². The van der Waals surface area contributed by atoms with Gasteiger partial charge in [-0.1, -0.05) is 48.6 Å². The van der Waals surface area contributed by atoms with E-state index in [2.05, 4.69) is 0 Å². The van der Waals surface area contributed by atoms with E-state index in [1.54, 1.807) is 38.5 Å². The fourth-order valence-corrected chi connectivity index (χ4v) is 4.76. The Morgan fingerprint density at radius 2 is 0.854 bits per heavy atom. The van der Waals surface area contributed by atoms with Gasteiger partial charge in [-0.25, -0.2) is 9.59 Å². The maximum atomic E-state index is 11.9. The number of hydrogen-bond acceptors (Lipinski definition) is 10. The number of methoxy groups -OCH3 is 6. The third-order valence-corrected chi connectivity index (χ3v) is 7.13. The Bertz CT molecular complexity index is 1630. The van der Waals surface area contributed by atoms with Crippen LogP contribution in [0.25, 0.3) is 35.4 Å². The molecule has 4 rings (SSSR count). The van der Waals surface area contributed by atoms with Gasteiger partial charge in [0.2, 0.25) is 0 Å². The molecule has 0 N–H and O–H groups in total. The molecule has 0 aliphatic heterocycles. The fourth-order valence-electron chi connectivity index (χ4n) is 4.76. The van der Waals surface area contributed by atoms with Gasteiger partial charge in [-0.05, 0) is 70.8 Å². The number of carbonyl (C=O) groups excluding carboxylic acids is 2. The normalized spacial score (nSPS) is 11.0. The molecule has 10 nitrogen and oxygen atoms in total. The first-order valence-corrected chi connectivity index (χ1v) is 14.8. The van der Waals surface area contributed by atoms with E-state index in [1.807, 2.05) is 72.8 Å². The lowest BCUT2D eigenvalue weighted by molar-refractivity contribution is 0.0480. The average molecular weight is 655 g/mol. The van der Waals surface area contributed by atoms with Crippen LogP contribution in [0.5, 0.6) is 23.0 Å². The maximum Gasteiger partial charge on any atom is 0.337 e. The summed E-state index contributed by atoms with van der Waals surface area (Å²) in [4.78, 5) is 23.7. The Labute approximate surface area is 280 Å². The quantitative estimate of drug-likeness (QED) is 0.0739. The first-order valence-electron chi connectivity index (χ1n) is 14.8. The van der Waals surface area contributed by atoms with E-state index in [9.17, 15) is 9.59 Å². The topological polar surface area (TPSA) is 108 Å². The van der Waals surface area contributed by atoms with Gasteiger partial charge in [0.25, 0.3) is 0 Å². The van der Waals surface area contributed by atoms with Crippen molar-refractivity contribution in [1.29, 1.82) is 0 Å². The minimum absolute atomic E-state index is 0.0301. The molecule has 0 saturated carbocycles. The van der Waals surface area contributed by atoms with Gasteiger partial charge in [0.15, 0.2) is 36.6 Å². The van der Waals surface area contributed by atoms with Crippen molar-refractivity contribution in [2.75, 3.05) is 56.2 Å². The first kappa shape index (κ1) is 35.3. The molecule has 250 valence electrons. The van der Waals surface area contributed by atoms with Crippen molar-refractivity contribution in [1.82, 2.24) is 0 Å². The number of ether oxygens (including phenoxy) is 8. The molecule has 10 heteroatoms. The molecule has 4 aromatic carbocycles.